The van der Waals surface area contributed by atoms with Crippen LogP contribution in [0.15, 0.2) is 18.2 Å². The maximum absolute atomic E-state index is 6.30. The van der Waals surface area contributed by atoms with Crippen LogP contribution in [0, 0.1) is 0 Å². The minimum atomic E-state index is 0.547. The normalized spacial score (nSPS) is 21.2. The number of thioether (sulfide) groups is 1. The summed E-state index contributed by atoms with van der Waals surface area (Å²) in [6.45, 7) is 3.87. The number of halogens is 1. The van der Waals surface area contributed by atoms with E-state index < -0.39 is 0 Å². The highest BCUT2D eigenvalue weighted by atomic mass is 35.5. The minimum Gasteiger partial charge on any atom is -0.366 e. The highest BCUT2D eigenvalue weighted by molar-refractivity contribution is 7.99. The molecule has 1 unspecified atom stereocenters. The lowest BCUT2D eigenvalue weighted by Crippen LogP contribution is -2.40. The fourth-order valence-electron chi connectivity index (χ4n) is 2.00. The number of benzene rings is 1. The third-order valence-electron chi connectivity index (χ3n) is 2.92. The topological polar surface area (TPSA) is 29.3 Å². The molecule has 1 aliphatic rings. The van der Waals surface area contributed by atoms with Crippen LogP contribution in [0.1, 0.15) is 12.5 Å². The third-order valence-corrected chi connectivity index (χ3v) is 4.42. The number of anilines is 1. The van der Waals surface area contributed by atoms with Crippen LogP contribution in [0.25, 0.3) is 0 Å². The number of hydrogen-bond donors (Lipinski definition) is 1. The third kappa shape index (κ3) is 2.47. The van der Waals surface area contributed by atoms with Gasteiger partial charge in [-0.2, -0.15) is 11.8 Å². The van der Waals surface area contributed by atoms with Crippen molar-refractivity contribution in [3.8, 4) is 0 Å². The van der Waals surface area contributed by atoms with Crippen LogP contribution in [-0.4, -0.2) is 24.1 Å². The molecule has 16 heavy (non-hydrogen) atoms. The van der Waals surface area contributed by atoms with Gasteiger partial charge in [-0.15, -0.1) is 0 Å². The molecule has 2 N–H and O–H groups in total. The largest absolute Gasteiger partial charge is 0.366 e. The molecule has 0 spiro atoms. The Labute approximate surface area is 106 Å². The zero-order valence-corrected chi connectivity index (χ0v) is 11.0. The molecule has 2 rings (SSSR count). The molecule has 0 aromatic heterocycles. The van der Waals surface area contributed by atoms with Gasteiger partial charge in [0.15, 0.2) is 0 Å². The van der Waals surface area contributed by atoms with Gasteiger partial charge in [-0.1, -0.05) is 17.7 Å². The first-order valence-electron chi connectivity index (χ1n) is 5.55. The van der Waals surface area contributed by atoms with E-state index in [1.165, 1.54) is 11.5 Å². The standard InChI is InChI=1S/C12H17ClN2S/c1-9-8-16-5-4-15(9)12-3-2-10(7-14)6-11(12)13/h2-3,6,9H,4-5,7-8,14H2,1H3. The second-order valence-corrected chi connectivity index (χ2v) is 5.66. The lowest BCUT2D eigenvalue weighted by Gasteiger charge is -2.35. The summed E-state index contributed by atoms with van der Waals surface area (Å²) in [6.07, 6.45) is 0. The van der Waals surface area contributed by atoms with Gasteiger partial charge in [0.2, 0.25) is 0 Å². The van der Waals surface area contributed by atoms with Crippen molar-refractivity contribution in [3.05, 3.63) is 28.8 Å². The molecule has 1 aliphatic heterocycles. The highest BCUT2D eigenvalue weighted by Crippen LogP contribution is 2.31. The first-order chi connectivity index (χ1) is 7.72. The molecule has 4 heteroatoms. The zero-order chi connectivity index (χ0) is 11.5. The number of nitrogens with zero attached hydrogens (tertiary/aromatic N) is 1. The molecule has 0 amide bonds. The van der Waals surface area contributed by atoms with Gasteiger partial charge in [0, 0.05) is 30.6 Å². The minimum absolute atomic E-state index is 0.547. The second kappa shape index (κ2) is 5.30. The number of rotatable bonds is 2. The van der Waals surface area contributed by atoms with Gasteiger partial charge in [-0.05, 0) is 24.6 Å². The Morgan fingerprint density at radius 3 is 3.00 bits per heavy atom. The fraction of sp³-hybridized carbons (Fsp3) is 0.500. The summed E-state index contributed by atoms with van der Waals surface area (Å²) in [5.41, 5.74) is 7.83. The van der Waals surface area contributed by atoms with E-state index in [2.05, 4.69) is 24.0 Å². The summed E-state index contributed by atoms with van der Waals surface area (Å²) in [4.78, 5) is 2.39. The Bertz CT molecular complexity index is 370. The van der Waals surface area contributed by atoms with Crippen molar-refractivity contribution in [2.24, 2.45) is 5.73 Å². The van der Waals surface area contributed by atoms with Gasteiger partial charge >= 0.3 is 0 Å². The quantitative estimate of drug-likeness (QED) is 0.882. The molecule has 0 bridgehead atoms. The predicted molar refractivity (Wildman–Crippen MR) is 73.5 cm³/mol. The molecule has 0 aliphatic carbocycles. The number of hydrogen-bond acceptors (Lipinski definition) is 3. The molecule has 2 nitrogen and oxygen atoms in total. The second-order valence-electron chi connectivity index (χ2n) is 4.11. The van der Waals surface area contributed by atoms with Crippen molar-refractivity contribution in [3.63, 3.8) is 0 Å². The van der Waals surface area contributed by atoms with E-state index in [4.69, 9.17) is 17.3 Å². The average molecular weight is 257 g/mol. The Hall–Kier alpha value is -0.380. The summed E-state index contributed by atoms with van der Waals surface area (Å²) >= 11 is 8.31. The maximum atomic E-state index is 6.30. The van der Waals surface area contributed by atoms with Gasteiger partial charge in [0.25, 0.3) is 0 Å². The smallest absolute Gasteiger partial charge is 0.0642 e. The highest BCUT2D eigenvalue weighted by Gasteiger charge is 2.20. The summed E-state index contributed by atoms with van der Waals surface area (Å²) in [5.74, 6) is 2.36. The molecular weight excluding hydrogens is 240 g/mol. The Balaban J connectivity index is 2.25. The lowest BCUT2D eigenvalue weighted by atomic mass is 10.1. The average Bonchev–Trinajstić information content (AvgIpc) is 2.30. The Morgan fingerprint density at radius 1 is 1.56 bits per heavy atom. The van der Waals surface area contributed by atoms with Crippen LogP contribution < -0.4 is 10.6 Å². The van der Waals surface area contributed by atoms with Crippen LogP contribution in [0.2, 0.25) is 5.02 Å². The van der Waals surface area contributed by atoms with E-state index in [0.29, 0.717) is 12.6 Å². The maximum Gasteiger partial charge on any atom is 0.0642 e. The number of nitrogens with two attached hydrogens (primary N) is 1. The van der Waals surface area contributed by atoms with E-state index in [1.807, 2.05) is 17.8 Å². The van der Waals surface area contributed by atoms with E-state index >= 15 is 0 Å². The van der Waals surface area contributed by atoms with Crippen LogP contribution in [-0.2, 0) is 6.54 Å². The fourth-order valence-corrected chi connectivity index (χ4v) is 3.32. The van der Waals surface area contributed by atoms with E-state index in [9.17, 15) is 0 Å². The van der Waals surface area contributed by atoms with Gasteiger partial charge in [-0.3, -0.25) is 0 Å². The van der Waals surface area contributed by atoms with Crippen LogP contribution >= 0.6 is 23.4 Å². The molecule has 1 fully saturated rings. The summed E-state index contributed by atoms with van der Waals surface area (Å²) < 4.78 is 0. The Morgan fingerprint density at radius 2 is 2.38 bits per heavy atom. The summed E-state index contributed by atoms with van der Waals surface area (Å²) in [6, 6.07) is 6.69. The van der Waals surface area contributed by atoms with Crippen LogP contribution in [0.4, 0.5) is 5.69 Å². The molecule has 0 saturated carbocycles. The van der Waals surface area contributed by atoms with Crippen molar-refractivity contribution in [1.29, 1.82) is 0 Å². The van der Waals surface area contributed by atoms with Crippen molar-refractivity contribution < 1.29 is 0 Å². The molecule has 1 aromatic rings. The van der Waals surface area contributed by atoms with Gasteiger partial charge < -0.3 is 10.6 Å². The SMILES string of the molecule is CC1CSCCN1c1ccc(CN)cc1Cl. The first kappa shape index (κ1) is 12.1. The van der Waals surface area contributed by atoms with E-state index in [-0.39, 0.29) is 0 Å². The monoisotopic (exact) mass is 256 g/mol. The molecule has 1 aromatic carbocycles. The Kier molecular flexibility index (Phi) is 4.00. The molecule has 88 valence electrons. The predicted octanol–water partition coefficient (Wildman–Crippen LogP) is 2.74. The van der Waals surface area contributed by atoms with E-state index in [1.54, 1.807) is 0 Å². The van der Waals surface area contributed by atoms with Gasteiger partial charge in [0.05, 0.1) is 10.7 Å². The molecule has 1 atom stereocenters. The molecule has 1 saturated heterocycles. The van der Waals surface area contributed by atoms with E-state index in [0.717, 1.165) is 22.8 Å². The van der Waals surface area contributed by atoms with Crippen LogP contribution in [0.3, 0.4) is 0 Å². The molecular formula is C12H17ClN2S. The first-order valence-corrected chi connectivity index (χ1v) is 7.08. The molecule has 1 heterocycles. The van der Waals surface area contributed by atoms with Gasteiger partial charge in [-0.25, -0.2) is 0 Å². The van der Waals surface area contributed by atoms with Crippen molar-refractivity contribution in [1.82, 2.24) is 0 Å². The zero-order valence-electron chi connectivity index (χ0n) is 9.45. The van der Waals surface area contributed by atoms with Crippen molar-refractivity contribution in [2.75, 3.05) is 23.0 Å². The summed E-state index contributed by atoms with van der Waals surface area (Å²) in [5, 5.41) is 0.821. The molecule has 0 radical (unpaired) electrons. The lowest BCUT2D eigenvalue weighted by molar-refractivity contribution is 0.700. The summed E-state index contributed by atoms with van der Waals surface area (Å²) in [7, 11) is 0. The van der Waals surface area contributed by atoms with Gasteiger partial charge in [0.1, 0.15) is 0 Å². The van der Waals surface area contributed by atoms with Crippen LogP contribution in [0.5, 0.6) is 0 Å². The van der Waals surface area contributed by atoms with Crippen molar-refractivity contribution >= 4 is 29.1 Å². The van der Waals surface area contributed by atoms with Crippen molar-refractivity contribution in [2.45, 2.75) is 19.5 Å².